The average Bonchev–Trinajstić information content (AvgIpc) is 1.53. The van der Waals surface area contributed by atoms with Gasteiger partial charge in [-0.1, -0.05) is 0 Å². The summed E-state index contributed by atoms with van der Waals surface area (Å²) < 4.78 is 32.9. The molecule has 0 aromatic rings. The minimum absolute atomic E-state index is 0.631. The molecule has 0 fully saturated rings. The van der Waals surface area contributed by atoms with Gasteiger partial charge >= 0.3 is 5.97 Å². The van der Waals surface area contributed by atoms with Crippen LogP contribution in [-0.2, 0) is 19.6 Å². The zero-order valence-electron chi connectivity index (χ0n) is 5.98. The summed E-state index contributed by atoms with van der Waals surface area (Å²) in [6, 6.07) is 0. The summed E-state index contributed by atoms with van der Waals surface area (Å²) >= 11 is 0. The molecule has 5 nitrogen and oxygen atoms in total. The quantitative estimate of drug-likeness (QED) is 0.475. The van der Waals surface area contributed by atoms with Crippen molar-refractivity contribution in [3.8, 4) is 0 Å². The third kappa shape index (κ3) is 7.27. The summed E-state index contributed by atoms with van der Waals surface area (Å²) in [6.45, 7) is 4.31. The van der Waals surface area contributed by atoms with E-state index in [0.29, 0.717) is 0 Å². The summed E-state index contributed by atoms with van der Waals surface area (Å²) in [7, 11) is -4.11. The molecule has 0 aliphatic rings. The normalized spacial score (nSPS) is 14.1. The van der Waals surface area contributed by atoms with Gasteiger partial charge in [-0.3, -0.25) is 9.35 Å². The SMILES string of the molecule is [CH2]C(CS(=O)(=O)O)OC(C)=O. The summed E-state index contributed by atoms with van der Waals surface area (Å²) in [5.41, 5.74) is 0. The van der Waals surface area contributed by atoms with E-state index in [9.17, 15) is 13.2 Å². The van der Waals surface area contributed by atoms with Crippen molar-refractivity contribution in [3.05, 3.63) is 6.92 Å². The monoisotopic (exact) mass is 181 g/mol. The maximum atomic E-state index is 10.2. The third-order valence-corrected chi connectivity index (χ3v) is 1.52. The Morgan fingerprint density at radius 1 is 1.73 bits per heavy atom. The molecule has 0 saturated heterocycles. The molecule has 0 heterocycles. The largest absolute Gasteiger partial charge is 0.461 e. The van der Waals surface area contributed by atoms with Gasteiger partial charge in [0.15, 0.2) is 0 Å². The second kappa shape index (κ2) is 3.68. The molecular formula is C5H9O5S. The first kappa shape index (κ1) is 10.4. The molecular weight excluding hydrogens is 172 g/mol. The maximum Gasteiger partial charge on any atom is 0.302 e. The van der Waals surface area contributed by atoms with Crippen molar-refractivity contribution in [1.29, 1.82) is 0 Å². The predicted octanol–water partition coefficient (Wildman–Crippen LogP) is -0.360. The van der Waals surface area contributed by atoms with E-state index < -0.39 is 27.9 Å². The van der Waals surface area contributed by atoms with E-state index in [2.05, 4.69) is 11.7 Å². The lowest BCUT2D eigenvalue weighted by molar-refractivity contribution is -0.143. The van der Waals surface area contributed by atoms with Crippen LogP contribution in [0.3, 0.4) is 0 Å². The molecule has 0 aliphatic heterocycles. The fourth-order valence-electron chi connectivity index (χ4n) is 0.504. The number of hydrogen-bond acceptors (Lipinski definition) is 4. The van der Waals surface area contributed by atoms with Crippen LogP contribution in [0.25, 0.3) is 0 Å². The second-order valence-corrected chi connectivity index (χ2v) is 3.48. The molecule has 1 radical (unpaired) electrons. The first-order chi connectivity index (χ1) is 4.81. The van der Waals surface area contributed by atoms with Gasteiger partial charge in [0.05, 0.1) is 0 Å². The van der Waals surface area contributed by atoms with E-state index in [1.165, 1.54) is 0 Å². The number of carbonyl (C=O) groups excluding carboxylic acids is 1. The standard InChI is InChI=1S/C5H9O5S/c1-4(10-5(2)6)3-11(7,8)9/h4H,1,3H2,2H3,(H,7,8,9). The van der Waals surface area contributed by atoms with Crippen LogP contribution in [0.1, 0.15) is 6.92 Å². The predicted molar refractivity (Wildman–Crippen MR) is 37.3 cm³/mol. The van der Waals surface area contributed by atoms with Gasteiger partial charge in [0.25, 0.3) is 10.1 Å². The first-order valence-corrected chi connectivity index (χ1v) is 4.37. The molecule has 0 saturated carbocycles. The van der Waals surface area contributed by atoms with Gasteiger partial charge in [-0.2, -0.15) is 8.42 Å². The lowest BCUT2D eigenvalue weighted by atomic mass is 10.5. The van der Waals surface area contributed by atoms with Gasteiger partial charge < -0.3 is 4.74 Å². The van der Waals surface area contributed by atoms with Crippen molar-refractivity contribution in [2.45, 2.75) is 13.0 Å². The molecule has 0 aliphatic carbocycles. The highest BCUT2D eigenvalue weighted by atomic mass is 32.2. The van der Waals surface area contributed by atoms with Crippen molar-refractivity contribution >= 4 is 16.1 Å². The third-order valence-electron chi connectivity index (χ3n) is 0.729. The van der Waals surface area contributed by atoms with E-state index in [0.717, 1.165) is 6.92 Å². The number of ether oxygens (including phenoxy) is 1. The topological polar surface area (TPSA) is 80.7 Å². The Bertz CT molecular complexity index is 229. The molecule has 0 spiro atoms. The molecule has 6 heteroatoms. The van der Waals surface area contributed by atoms with Gasteiger partial charge in [0, 0.05) is 6.92 Å². The Balaban J connectivity index is 3.89. The van der Waals surface area contributed by atoms with Gasteiger partial charge in [0.1, 0.15) is 11.9 Å². The van der Waals surface area contributed by atoms with Gasteiger partial charge in [0.2, 0.25) is 0 Å². The van der Waals surface area contributed by atoms with Gasteiger partial charge in [-0.25, -0.2) is 0 Å². The van der Waals surface area contributed by atoms with Crippen LogP contribution in [0.15, 0.2) is 0 Å². The Labute approximate surface area is 65.1 Å². The zero-order valence-corrected chi connectivity index (χ0v) is 6.80. The van der Waals surface area contributed by atoms with Gasteiger partial charge in [-0.05, 0) is 6.92 Å². The highest BCUT2D eigenvalue weighted by molar-refractivity contribution is 7.85. The molecule has 0 amide bonds. The molecule has 0 aromatic heterocycles. The number of hydrogen-bond donors (Lipinski definition) is 1. The average molecular weight is 181 g/mol. The molecule has 0 aromatic carbocycles. The maximum absolute atomic E-state index is 10.2. The number of rotatable bonds is 3. The van der Waals surface area contributed by atoms with E-state index in [-0.39, 0.29) is 0 Å². The van der Waals surface area contributed by atoms with Crippen LogP contribution in [0.5, 0.6) is 0 Å². The molecule has 1 unspecified atom stereocenters. The lowest BCUT2D eigenvalue weighted by Crippen LogP contribution is -2.22. The summed E-state index contributed by atoms with van der Waals surface area (Å²) in [5.74, 6) is -1.30. The smallest absolute Gasteiger partial charge is 0.302 e. The summed E-state index contributed by atoms with van der Waals surface area (Å²) in [6.07, 6.45) is -1.05. The molecule has 65 valence electrons. The Kier molecular flexibility index (Phi) is 3.47. The minimum atomic E-state index is -4.11. The van der Waals surface area contributed by atoms with Crippen LogP contribution in [0, 0.1) is 6.92 Å². The fraction of sp³-hybridized carbons (Fsp3) is 0.600. The van der Waals surface area contributed by atoms with E-state index in [1.807, 2.05) is 0 Å². The van der Waals surface area contributed by atoms with Crippen LogP contribution in [-0.4, -0.2) is 30.8 Å². The zero-order chi connectivity index (χ0) is 9.07. The highest BCUT2D eigenvalue weighted by Crippen LogP contribution is 1.94. The van der Waals surface area contributed by atoms with E-state index in [4.69, 9.17) is 4.55 Å². The van der Waals surface area contributed by atoms with E-state index >= 15 is 0 Å². The van der Waals surface area contributed by atoms with E-state index in [1.54, 1.807) is 0 Å². The molecule has 0 rings (SSSR count). The summed E-state index contributed by atoms with van der Waals surface area (Å²) in [4.78, 5) is 10.2. The lowest BCUT2D eigenvalue weighted by Gasteiger charge is -2.08. The first-order valence-electron chi connectivity index (χ1n) is 2.77. The van der Waals surface area contributed by atoms with Crippen LogP contribution >= 0.6 is 0 Å². The van der Waals surface area contributed by atoms with Gasteiger partial charge in [-0.15, -0.1) is 0 Å². The van der Waals surface area contributed by atoms with Crippen LogP contribution < -0.4 is 0 Å². The van der Waals surface area contributed by atoms with Crippen molar-refractivity contribution in [1.82, 2.24) is 0 Å². The van der Waals surface area contributed by atoms with Crippen LogP contribution in [0.4, 0.5) is 0 Å². The molecule has 11 heavy (non-hydrogen) atoms. The second-order valence-electron chi connectivity index (χ2n) is 1.98. The number of esters is 1. The Morgan fingerprint density at radius 3 is 2.45 bits per heavy atom. The molecule has 0 bridgehead atoms. The minimum Gasteiger partial charge on any atom is -0.461 e. The van der Waals surface area contributed by atoms with Crippen molar-refractivity contribution in [2.24, 2.45) is 0 Å². The molecule has 1 N–H and O–H groups in total. The van der Waals surface area contributed by atoms with Crippen molar-refractivity contribution < 1.29 is 22.5 Å². The molecule has 1 atom stereocenters. The van der Waals surface area contributed by atoms with Crippen molar-refractivity contribution in [2.75, 3.05) is 5.75 Å². The Hall–Kier alpha value is -0.620. The summed E-state index contributed by atoms with van der Waals surface area (Å²) in [5, 5.41) is 0. The highest BCUT2D eigenvalue weighted by Gasteiger charge is 2.14. The fourth-order valence-corrected chi connectivity index (χ4v) is 1.04. The Morgan fingerprint density at radius 2 is 2.18 bits per heavy atom. The number of carbonyl (C=O) groups is 1. The van der Waals surface area contributed by atoms with Crippen LogP contribution in [0.2, 0.25) is 0 Å². The van der Waals surface area contributed by atoms with Crippen molar-refractivity contribution in [3.63, 3.8) is 0 Å².